The van der Waals surface area contributed by atoms with Crippen LogP contribution < -0.4 is 10.6 Å². The first kappa shape index (κ1) is 14.2. The van der Waals surface area contributed by atoms with Gasteiger partial charge in [-0.15, -0.1) is 0 Å². The maximum Gasteiger partial charge on any atom is 0.00768 e. The minimum Gasteiger partial charge on any atom is -0.315 e. The molecule has 1 aromatic carbocycles. The fourth-order valence-electron chi connectivity index (χ4n) is 1.81. The van der Waals surface area contributed by atoms with Gasteiger partial charge in [0.25, 0.3) is 0 Å². The Morgan fingerprint density at radius 3 is 2.41 bits per heavy atom. The van der Waals surface area contributed by atoms with E-state index in [9.17, 15) is 0 Å². The highest BCUT2D eigenvalue weighted by molar-refractivity contribution is 5.25. The average molecular weight is 234 g/mol. The summed E-state index contributed by atoms with van der Waals surface area (Å²) in [5.41, 5.74) is 2.85. The maximum atomic E-state index is 3.47. The van der Waals surface area contributed by atoms with Gasteiger partial charge in [-0.2, -0.15) is 0 Å². The molecule has 1 rings (SSSR count). The molecule has 0 bridgehead atoms. The number of hydrogen-bond donors (Lipinski definition) is 2. The van der Waals surface area contributed by atoms with E-state index >= 15 is 0 Å². The lowest BCUT2D eigenvalue weighted by Gasteiger charge is -2.09. The molecular formula is C15H26N2. The van der Waals surface area contributed by atoms with Crippen LogP contribution in [0.1, 0.15) is 25.0 Å². The summed E-state index contributed by atoms with van der Waals surface area (Å²) in [6, 6.07) is 8.61. The van der Waals surface area contributed by atoms with Crippen LogP contribution in [0.3, 0.4) is 0 Å². The van der Waals surface area contributed by atoms with Crippen molar-refractivity contribution in [1.82, 2.24) is 10.6 Å². The van der Waals surface area contributed by atoms with Gasteiger partial charge in [0.2, 0.25) is 0 Å². The van der Waals surface area contributed by atoms with E-state index in [0.717, 1.165) is 38.5 Å². The molecule has 0 saturated carbocycles. The van der Waals surface area contributed by atoms with E-state index in [4.69, 9.17) is 0 Å². The van der Waals surface area contributed by atoms with Crippen molar-refractivity contribution in [3.8, 4) is 0 Å². The van der Waals surface area contributed by atoms with Crippen LogP contribution in [0.2, 0.25) is 0 Å². The lowest BCUT2D eigenvalue weighted by Crippen LogP contribution is -2.30. The Bertz CT molecular complexity index is 308. The molecule has 2 heteroatoms. The van der Waals surface area contributed by atoms with Crippen LogP contribution in [-0.4, -0.2) is 26.2 Å². The molecule has 1 aromatic rings. The molecule has 0 heterocycles. The molecular weight excluding hydrogens is 208 g/mol. The molecule has 2 N–H and O–H groups in total. The summed E-state index contributed by atoms with van der Waals surface area (Å²) in [4.78, 5) is 0. The van der Waals surface area contributed by atoms with E-state index in [1.165, 1.54) is 11.1 Å². The summed E-state index contributed by atoms with van der Waals surface area (Å²) in [5.74, 6) is 0.738. The zero-order chi connectivity index (χ0) is 12.5. The second-order valence-electron chi connectivity index (χ2n) is 5.02. The van der Waals surface area contributed by atoms with E-state index in [1.807, 2.05) is 0 Å². The van der Waals surface area contributed by atoms with Gasteiger partial charge in [-0.25, -0.2) is 0 Å². The molecule has 0 saturated heterocycles. The van der Waals surface area contributed by atoms with Gasteiger partial charge in [0.1, 0.15) is 0 Å². The van der Waals surface area contributed by atoms with Gasteiger partial charge in [-0.3, -0.25) is 0 Å². The lowest BCUT2D eigenvalue weighted by atomic mass is 10.1. The third-order valence-electron chi connectivity index (χ3n) is 2.86. The highest BCUT2D eigenvalue weighted by atomic mass is 14.9. The van der Waals surface area contributed by atoms with Crippen LogP contribution in [0.25, 0.3) is 0 Å². The summed E-state index contributed by atoms with van der Waals surface area (Å²) in [7, 11) is 0. The third kappa shape index (κ3) is 6.44. The first-order valence-electron chi connectivity index (χ1n) is 6.66. The normalized spacial score (nSPS) is 11.1. The highest BCUT2D eigenvalue weighted by Gasteiger charge is 1.96. The Hall–Kier alpha value is -0.860. The summed E-state index contributed by atoms with van der Waals surface area (Å²) in [5, 5.41) is 6.90. The number of benzene rings is 1. The van der Waals surface area contributed by atoms with Crippen molar-refractivity contribution in [3.63, 3.8) is 0 Å². The van der Waals surface area contributed by atoms with E-state index in [1.54, 1.807) is 0 Å². The molecule has 0 aliphatic carbocycles. The molecule has 2 nitrogen and oxygen atoms in total. The predicted molar refractivity (Wildman–Crippen MR) is 75.5 cm³/mol. The molecule has 0 fully saturated rings. The maximum absolute atomic E-state index is 3.47. The molecule has 17 heavy (non-hydrogen) atoms. The minimum absolute atomic E-state index is 0.738. The summed E-state index contributed by atoms with van der Waals surface area (Å²) in [6.07, 6.45) is 1.12. The highest BCUT2D eigenvalue weighted by Crippen LogP contribution is 2.06. The van der Waals surface area contributed by atoms with Crippen molar-refractivity contribution in [2.24, 2.45) is 5.92 Å². The van der Waals surface area contributed by atoms with E-state index < -0.39 is 0 Å². The molecule has 0 spiro atoms. The van der Waals surface area contributed by atoms with E-state index in [0.29, 0.717) is 0 Å². The SMILES string of the molecule is Cc1ccccc1CCNCCNCC(C)C. The zero-order valence-corrected chi connectivity index (χ0v) is 11.4. The van der Waals surface area contributed by atoms with Crippen LogP contribution in [0, 0.1) is 12.8 Å². The van der Waals surface area contributed by atoms with Gasteiger partial charge in [-0.05, 0) is 43.5 Å². The Kier molecular flexibility index (Phi) is 6.90. The summed E-state index contributed by atoms with van der Waals surface area (Å²) >= 11 is 0. The van der Waals surface area contributed by atoms with E-state index in [-0.39, 0.29) is 0 Å². The minimum atomic E-state index is 0.738. The second kappa shape index (κ2) is 8.26. The fraction of sp³-hybridized carbons (Fsp3) is 0.600. The molecule has 0 atom stereocenters. The molecule has 96 valence electrons. The van der Waals surface area contributed by atoms with Crippen molar-refractivity contribution in [3.05, 3.63) is 35.4 Å². The Morgan fingerprint density at radius 2 is 1.71 bits per heavy atom. The van der Waals surface area contributed by atoms with Crippen molar-refractivity contribution in [1.29, 1.82) is 0 Å². The van der Waals surface area contributed by atoms with Crippen molar-refractivity contribution in [2.45, 2.75) is 27.2 Å². The smallest absolute Gasteiger partial charge is 0.00768 e. The van der Waals surface area contributed by atoms with E-state index in [2.05, 4.69) is 55.7 Å². The van der Waals surface area contributed by atoms with Crippen molar-refractivity contribution >= 4 is 0 Å². The monoisotopic (exact) mass is 234 g/mol. The van der Waals surface area contributed by atoms with Gasteiger partial charge < -0.3 is 10.6 Å². The number of rotatable bonds is 8. The lowest BCUT2D eigenvalue weighted by molar-refractivity contribution is 0.536. The van der Waals surface area contributed by atoms with Gasteiger partial charge in [0.05, 0.1) is 0 Å². The largest absolute Gasteiger partial charge is 0.315 e. The standard InChI is InChI=1S/C15H26N2/c1-13(2)12-17-11-10-16-9-8-15-7-5-4-6-14(15)3/h4-7,13,16-17H,8-12H2,1-3H3. The number of nitrogens with one attached hydrogen (secondary N) is 2. The summed E-state index contributed by atoms with van der Waals surface area (Å²) in [6.45, 7) is 10.9. The zero-order valence-electron chi connectivity index (χ0n) is 11.4. The Morgan fingerprint density at radius 1 is 1.00 bits per heavy atom. The molecule has 0 aromatic heterocycles. The van der Waals surface area contributed by atoms with Crippen LogP contribution in [0.4, 0.5) is 0 Å². The molecule has 0 radical (unpaired) electrons. The van der Waals surface area contributed by atoms with Gasteiger partial charge >= 0.3 is 0 Å². The Labute approximate surface area is 106 Å². The number of aryl methyl sites for hydroxylation is 1. The Balaban J connectivity index is 2.03. The number of hydrogen-bond acceptors (Lipinski definition) is 2. The third-order valence-corrected chi connectivity index (χ3v) is 2.86. The van der Waals surface area contributed by atoms with Crippen LogP contribution in [-0.2, 0) is 6.42 Å². The summed E-state index contributed by atoms with van der Waals surface area (Å²) < 4.78 is 0. The van der Waals surface area contributed by atoms with Gasteiger partial charge in [0.15, 0.2) is 0 Å². The fourth-order valence-corrected chi connectivity index (χ4v) is 1.81. The van der Waals surface area contributed by atoms with Gasteiger partial charge in [-0.1, -0.05) is 38.1 Å². The van der Waals surface area contributed by atoms with Crippen molar-refractivity contribution in [2.75, 3.05) is 26.2 Å². The molecule has 0 aliphatic rings. The predicted octanol–water partition coefficient (Wildman–Crippen LogP) is 2.37. The van der Waals surface area contributed by atoms with Crippen LogP contribution in [0.5, 0.6) is 0 Å². The average Bonchev–Trinajstić information content (AvgIpc) is 2.30. The molecule has 0 unspecified atom stereocenters. The second-order valence-corrected chi connectivity index (χ2v) is 5.02. The van der Waals surface area contributed by atoms with Crippen LogP contribution in [0.15, 0.2) is 24.3 Å². The van der Waals surface area contributed by atoms with Crippen LogP contribution >= 0.6 is 0 Å². The topological polar surface area (TPSA) is 24.1 Å². The van der Waals surface area contributed by atoms with Gasteiger partial charge in [0, 0.05) is 13.1 Å². The molecule has 0 amide bonds. The first-order chi connectivity index (χ1) is 8.20. The molecule has 0 aliphatic heterocycles. The van der Waals surface area contributed by atoms with Crippen molar-refractivity contribution < 1.29 is 0 Å². The first-order valence-corrected chi connectivity index (χ1v) is 6.66. The quantitative estimate of drug-likeness (QED) is 0.675.